The van der Waals surface area contributed by atoms with Crippen molar-refractivity contribution in [2.45, 2.75) is 0 Å². The number of fused-ring (bicyclic) bond motifs is 6. The van der Waals surface area contributed by atoms with Gasteiger partial charge in [0.05, 0.1) is 22.1 Å². The summed E-state index contributed by atoms with van der Waals surface area (Å²) in [5, 5.41) is 4.79. The number of aromatic nitrogens is 6. The van der Waals surface area contributed by atoms with E-state index in [2.05, 4.69) is 106 Å². The third-order valence-electron chi connectivity index (χ3n) is 9.37. The number of hydrogen-bond acceptors (Lipinski definition) is 4. The molecule has 0 radical (unpaired) electrons. The summed E-state index contributed by atoms with van der Waals surface area (Å²) in [7, 11) is 0. The Balaban J connectivity index is 1.22. The smallest absolute Gasteiger partial charge is 0.182 e. The van der Waals surface area contributed by atoms with E-state index in [1.54, 1.807) is 0 Å². The molecule has 0 aliphatic heterocycles. The van der Waals surface area contributed by atoms with Gasteiger partial charge in [-0.15, -0.1) is 0 Å². The van der Waals surface area contributed by atoms with Crippen molar-refractivity contribution < 1.29 is 0 Å². The number of rotatable bonds is 5. The standard InChI is InChI=1S/C44H28N6/c1-4-15-29(16-5-1)42-46-43(30-17-6-2-7-18-30)48-44(47-42)36-23-14-26-41(45-36)50-38-25-13-11-22-33(38)35-27-34-32-21-10-12-24-37(32)49(39(34)28-40(35)50)31-19-8-3-9-20-31/h1-28H. The third-order valence-corrected chi connectivity index (χ3v) is 9.37. The van der Waals surface area contributed by atoms with Gasteiger partial charge in [-0.05, 0) is 48.5 Å². The average Bonchev–Trinajstić information content (AvgIpc) is 3.70. The summed E-state index contributed by atoms with van der Waals surface area (Å²) in [5.41, 5.74) is 8.12. The molecule has 4 aromatic heterocycles. The highest BCUT2D eigenvalue weighted by Crippen LogP contribution is 2.39. The average molecular weight is 641 g/mol. The van der Waals surface area contributed by atoms with Crippen molar-refractivity contribution in [3.8, 4) is 45.8 Å². The maximum absolute atomic E-state index is 5.26. The van der Waals surface area contributed by atoms with Gasteiger partial charge in [0, 0.05) is 38.4 Å². The van der Waals surface area contributed by atoms with Crippen molar-refractivity contribution >= 4 is 43.6 Å². The Hall–Kier alpha value is -6.92. The minimum Gasteiger partial charge on any atom is -0.309 e. The van der Waals surface area contributed by atoms with Gasteiger partial charge in [0.1, 0.15) is 11.5 Å². The van der Waals surface area contributed by atoms with Crippen LogP contribution in [0.5, 0.6) is 0 Å². The van der Waals surface area contributed by atoms with E-state index in [9.17, 15) is 0 Å². The Morgan fingerprint density at radius 1 is 0.320 bits per heavy atom. The molecule has 0 aliphatic carbocycles. The van der Waals surface area contributed by atoms with Crippen molar-refractivity contribution in [2.75, 3.05) is 0 Å². The predicted molar refractivity (Wildman–Crippen MR) is 203 cm³/mol. The van der Waals surface area contributed by atoms with Gasteiger partial charge >= 0.3 is 0 Å². The minimum absolute atomic E-state index is 0.520. The molecule has 0 aliphatic rings. The van der Waals surface area contributed by atoms with Gasteiger partial charge in [0.25, 0.3) is 0 Å². The molecular formula is C44H28N6. The molecule has 0 spiro atoms. The summed E-state index contributed by atoms with van der Waals surface area (Å²) in [6.07, 6.45) is 0. The van der Waals surface area contributed by atoms with E-state index in [4.69, 9.17) is 19.9 Å². The molecule has 6 nitrogen and oxygen atoms in total. The van der Waals surface area contributed by atoms with Crippen LogP contribution in [0.25, 0.3) is 89.4 Å². The Bertz CT molecular complexity index is 2800. The van der Waals surface area contributed by atoms with E-state index >= 15 is 0 Å². The minimum atomic E-state index is 0.520. The third kappa shape index (κ3) is 4.50. The van der Waals surface area contributed by atoms with Crippen LogP contribution in [0.4, 0.5) is 0 Å². The van der Waals surface area contributed by atoms with Crippen molar-refractivity contribution in [3.63, 3.8) is 0 Å². The molecule has 0 fully saturated rings. The monoisotopic (exact) mass is 640 g/mol. The second-order valence-electron chi connectivity index (χ2n) is 12.3. The fourth-order valence-corrected chi connectivity index (χ4v) is 7.13. The van der Waals surface area contributed by atoms with Crippen LogP contribution in [0.15, 0.2) is 170 Å². The van der Waals surface area contributed by atoms with Crippen LogP contribution >= 0.6 is 0 Å². The van der Waals surface area contributed by atoms with E-state index in [-0.39, 0.29) is 0 Å². The maximum Gasteiger partial charge on any atom is 0.182 e. The SMILES string of the molecule is c1ccc(-c2nc(-c3ccccc3)nc(-c3cccc(-n4c5ccccc5c5cc6c7ccccc7n(-c7ccccc7)c6cc54)n3)n2)cc1. The highest BCUT2D eigenvalue weighted by molar-refractivity contribution is 6.19. The zero-order valence-electron chi connectivity index (χ0n) is 26.8. The van der Waals surface area contributed by atoms with Gasteiger partial charge in [-0.3, -0.25) is 4.57 Å². The molecule has 6 heteroatoms. The Labute approximate surface area is 287 Å². The van der Waals surface area contributed by atoms with Crippen LogP contribution < -0.4 is 0 Å². The fourth-order valence-electron chi connectivity index (χ4n) is 7.13. The van der Waals surface area contributed by atoms with Gasteiger partial charge < -0.3 is 4.57 Å². The van der Waals surface area contributed by atoms with E-state index in [1.165, 1.54) is 27.1 Å². The first-order valence-corrected chi connectivity index (χ1v) is 16.7. The van der Waals surface area contributed by atoms with Crippen LogP contribution in [0, 0.1) is 0 Å². The number of para-hydroxylation sites is 3. The van der Waals surface area contributed by atoms with Crippen molar-refractivity contribution in [2.24, 2.45) is 0 Å². The van der Waals surface area contributed by atoms with E-state index in [1.807, 2.05) is 72.8 Å². The molecule has 6 aromatic carbocycles. The predicted octanol–water partition coefficient (Wildman–Crippen LogP) is 10.5. The van der Waals surface area contributed by atoms with E-state index in [0.717, 1.165) is 39.2 Å². The number of nitrogens with zero attached hydrogens (tertiary/aromatic N) is 6. The highest BCUT2D eigenvalue weighted by atomic mass is 15.1. The summed E-state index contributed by atoms with van der Waals surface area (Å²) < 4.78 is 4.62. The maximum atomic E-state index is 5.26. The van der Waals surface area contributed by atoms with Gasteiger partial charge in [0.15, 0.2) is 17.5 Å². The Morgan fingerprint density at radius 3 is 1.44 bits per heavy atom. The highest BCUT2D eigenvalue weighted by Gasteiger charge is 2.20. The molecule has 0 saturated carbocycles. The summed E-state index contributed by atoms with van der Waals surface area (Å²) in [6.45, 7) is 0. The molecule has 0 N–H and O–H groups in total. The number of hydrogen-bond donors (Lipinski definition) is 0. The van der Waals surface area contributed by atoms with Gasteiger partial charge in [0.2, 0.25) is 0 Å². The molecule has 50 heavy (non-hydrogen) atoms. The first kappa shape index (κ1) is 28.1. The molecule has 10 rings (SSSR count). The first-order valence-electron chi connectivity index (χ1n) is 16.7. The molecular weight excluding hydrogens is 613 g/mol. The van der Waals surface area contributed by atoms with Gasteiger partial charge in [-0.1, -0.05) is 121 Å². The van der Waals surface area contributed by atoms with E-state index in [0.29, 0.717) is 23.2 Å². The van der Waals surface area contributed by atoms with E-state index < -0.39 is 0 Å². The summed E-state index contributed by atoms with van der Waals surface area (Å²) in [6, 6.07) is 58.6. The first-order chi connectivity index (χ1) is 24.8. The number of benzene rings is 6. The van der Waals surface area contributed by atoms with Gasteiger partial charge in [-0.25, -0.2) is 19.9 Å². The van der Waals surface area contributed by atoms with Crippen molar-refractivity contribution in [1.29, 1.82) is 0 Å². The molecule has 0 amide bonds. The summed E-state index contributed by atoms with van der Waals surface area (Å²) in [4.78, 5) is 20.1. The Kier molecular flexibility index (Phi) is 6.39. The molecule has 0 atom stereocenters. The lowest BCUT2D eigenvalue weighted by Crippen LogP contribution is -2.03. The fraction of sp³-hybridized carbons (Fsp3) is 0. The van der Waals surface area contributed by atoms with Crippen molar-refractivity contribution in [3.05, 3.63) is 170 Å². The van der Waals surface area contributed by atoms with Crippen molar-refractivity contribution in [1.82, 2.24) is 29.1 Å². The second-order valence-corrected chi connectivity index (χ2v) is 12.3. The lowest BCUT2D eigenvalue weighted by Gasteiger charge is -2.11. The van der Waals surface area contributed by atoms with Gasteiger partial charge in [-0.2, -0.15) is 0 Å². The summed E-state index contributed by atoms with van der Waals surface area (Å²) >= 11 is 0. The molecule has 4 heterocycles. The van der Waals surface area contributed by atoms with Crippen LogP contribution in [0.3, 0.4) is 0 Å². The van der Waals surface area contributed by atoms with Crippen LogP contribution in [-0.4, -0.2) is 29.1 Å². The number of pyridine rings is 1. The molecule has 234 valence electrons. The zero-order valence-corrected chi connectivity index (χ0v) is 26.8. The molecule has 10 aromatic rings. The second kappa shape index (κ2) is 11.4. The topological polar surface area (TPSA) is 61.4 Å². The normalized spacial score (nSPS) is 11.6. The van der Waals surface area contributed by atoms with Crippen LogP contribution in [0.2, 0.25) is 0 Å². The molecule has 0 unspecified atom stereocenters. The quantitative estimate of drug-likeness (QED) is 0.188. The summed E-state index contributed by atoms with van der Waals surface area (Å²) in [5.74, 6) is 2.52. The van der Waals surface area contributed by atoms with Crippen LogP contribution in [0.1, 0.15) is 0 Å². The lowest BCUT2D eigenvalue weighted by molar-refractivity contribution is 1.03. The largest absolute Gasteiger partial charge is 0.309 e. The van der Waals surface area contributed by atoms with Crippen LogP contribution in [-0.2, 0) is 0 Å². The Morgan fingerprint density at radius 2 is 0.820 bits per heavy atom. The lowest BCUT2D eigenvalue weighted by atomic mass is 10.1. The molecule has 0 saturated heterocycles. The molecule has 0 bridgehead atoms. The zero-order chi connectivity index (χ0) is 33.0.